The zero-order valence-electron chi connectivity index (χ0n) is 14.7. The molecule has 3 amide bonds. The van der Waals surface area contributed by atoms with Crippen LogP contribution in [0.3, 0.4) is 0 Å². The van der Waals surface area contributed by atoms with E-state index in [1.54, 1.807) is 0 Å². The van der Waals surface area contributed by atoms with Crippen molar-refractivity contribution in [2.75, 3.05) is 18.4 Å². The van der Waals surface area contributed by atoms with Crippen molar-refractivity contribution in [1.82, 2.24) is 10.2 Å². The molecule has 2 fully saturated rings. The first-order valence-electron chi connectivity index (χ1n) is 8.88. The molecule has 1 aromatic rings. The van der Waals surface area contributed by atoms with Crippen LogP contribution in [-0.2, 0) is 4.79 Å². The van der Waals surface area contributed by atoms with Crippen LogP contribution in [-0.4, -0.2) is 41.5 Å². The molecule has 1 aliphatic heterocycles. The van der Waals surface area contributed by atoms with Crippen molar-refractivity contribution in [2.24, 2.45) is 5.73 Å². The summed E-state index contributed by atoms with van der Waals surface area (Å²) in [4.78, 5) is 26.4. The van der Waals surface area contributed by atoms with Crippen LogP contribution in [0.5, 0.6) is 0 Å². The molecular weight excluding hydrogens is 359 g/mol. The van der Waals surface area contributed by atoms with Crippen LogP contribution in [0.25, 0.3) is 0 Å². The fourth-order valence-electron chi connectivity index (χ4n) is 3.65. The van der Waals surface area contributed by atoms with E-state index < -0.39 is 5.54 Å². The molecule has 1 heterocycles. The molecule has 1 aromatic carbocycles. The summed E-state index contributed by atoms with van der Waals surface area (Å²) in [5, 5.41) is 5.59. The number of carbonyl (C=O) groups excluding carboxylic acids is 2. The van der Waals surface area contributed by atoms with E-state index in [-0.39, 0.29) is 36.2 Å². The highest BCUT2D eigenvalue weighted by molar-refractivity contribution is 5.89. The summed E-state index contributed by atoms with van der Waals surface area (Å²) in [7, 11) is 0. The second kappa shape index (κ2) is 8.68. The Kier molecular flexibility index (Phi) is 6.83. The fraction of sp³-hybridized carbons (Fsp3) is 0.556. The predicted molar refractivity (Wildman–Crippen MR) is 101 cm³/mol. The van der Waals surface area contributed by atoms with Crippen molar-refractivity contribution in [3.8, 4) is 0 Å². The van der Waals surface area contributed by atoms with E-state index in [1.165, 1.54) is 24.3 Å². The minimum absolute atomic E-state index is 0. The van der Waals surface area contributed by atoms with Crippen LogP contribution in [0.1, 0.15) is 38.5 Å². The summed E-state index contributed by atoms with van der Waals surface area (Å²) in [6.45, 7) is 1.22. The van der Waals surface area contributed by atoms with Crippen LogP contribution in [0.4, 0.5) is 14.9 Å². The van der Waals surface area contributed by atoms with Gasteiger partial charge < -0.3 is 21.3 Å². The lowest BCUT2D eigenvalue weighted by Gasteiger charge is -2.37. The van der Waals surface area contributed by atoms with Gasteiger partial charge in [0.25, 0.3) is 0 Å². The van der Waals surface area contributed by atoms with Crippen molar-refractivity contribution in [1.29, 1.82) is 0 Å². The average Bonchev–Trinajstić information content (AvgIpc) is 3.05. The number of anilines is 1. The Balaban J connectivity index is 0.00000243. The Hall–Kier alpha value is -1.86. The molecule has 144 valence electrons. The number of nitrogens with zero attached hydrogens (tertiary/aromatic N) is 1. The van der Waals surface area contributed by atoms with Gasteiger partial charge in [-0.15, -0.1) is 12.4 Å². The molecule has 0 unspecified atom stereocenters. The van der Waals surface area contributed by atoms with Crippen molar-refractivity contribution >= 4 is 30.0 Å². The minimum Gasteiger partial charge on any atom is -0.341 e. The summed E-state index contributed by atoms with van der Waals surface area (Å²) in [6.07, 6.45) is 4.99. The van der Waals surface area contributed by atoms with E-state index in [1.807, 2.05) is 4.90 Å². The SMILES string of the molecule is Cl.NC1(C(=O)N2CCC(NC(=O)Nc3ccc(F)cc3)CC2)CCCC1. The largest absolute Gasteiger partial charge is 0.341 e. The molecule has 4 N–H and O–H groups in total. The first-order chi connectivity index (χ1) is 12.0. The van der Waals surface area contributed by atoms with Gasteiger partial charge in [-0.1, -0.05) is 12.8 Å². The van der Waals surface area contributed by atoms with Crippen LogP contribution in [0.2, 0.25) is 0 Å². The summed E-state index contributed by atoms with van der Waals surface area (Å²) >= 11 is 0. The van der Waals surface area contributed by atoms with Gasteiger partial charge in [-0.05, 0) is 49.9 Å². The average molecular weight is 385 g/mol. The van der Waals surface area contributed by atoms with E-state index in [0.29, 0.717) is 31.6 Å². The van der Waals surface area contributed by atoms with Gasteiger partial charge in [-0.25, -0.2) is 9.18 Å². The van der Waals surface area contributed by atoms with Crippen LogP contribution in [0, 0.1) is 5.82 Å². The normalized spacial score (nSPS) is 19.5. The number of hydrogen-bond acceptors (Lipinski definition) is 3. The third-order valence-electron chi connectivity index (χ3n) is 5.14. The third kappa shape index (κ3) is 4.86. The summed E-state index contributed by atoms with van der Waals surface area (Å²) in [5.74, 6) is -0.290. The topological polar surface area (TPSA) is 87.5 Å². The molecule has 0 aromatic heterocycles. The quantitative estimate of drug-likeness (QED) is 0.748. The number of likely N-dealkylation sites (tertiary alicyclic amines) is 1. The Morgan fingerprint density at radius 2 is 1.69 bits per heavy atom. The van der Waals surface area contributed by atoms with Crippen molar-refractivity contribution in [3.63, 3.8) is 0 Å². The second-order valence-corrected chi connectivity index (χ2v) is 7.04. The predicted octanol–water partition coefficient (Wildman–Crippen LogP) is 2.63. The number of urea groups is 1. The molecular formula is C18H26ClFN4O2. The zero-order valence-corrected chi connectivity index (χ0v) is 15.5. The minimum atomic E-state index is -0.680. The number of hydrogen-bond donors (Lipinski definition) is 3. The van der Waals surface area contributed by atoms with E-state index >= 15 is 0 Å². The van der Waals surface area contributed by atoms with Gasteiger partial charge >= 0.3 is 6.03 Å². The molecule has 6 nitrogen and oxygen atoms in total. The number of benzene rings is 1. The van der Waals surface area contributed by atoms with Crippen LogP contribution in [0.15, 0.2) is 24.3 Å². The standard InChI is InChI=1S/C18H25FN4O2.ClH/c19-13-3-5-14(6-4-13)21-17(25)22-15-7-11-23(12-8-15)16(24)18(20)9-1-2-10-18;/h3-6,15H,1-2,7-12,20H2,(H2,21,22,25);1H. The molecule has 1 aliphatic carbocycles. The van der Waals surface area contributed by atoms with Crippen LogP contribution >= 0.6 is 12.4 Å². The van der Waals surface area contributed by atoms with Gasteiger partial charge in [0, 0.05) is 24.8 Å². The van der Waals surface area contributed by atoms with Gasteiger partial charge in [0.15, 0.2) is 0 Å². The number of amides is 3. The molecule has 2 aliphatic rings. The zero-order chi connectivity index (χ0) is 17.9. The smallest absolute Gasteiger partial charge is 0.319 e. The van der Waals surface area contributed by atoms with E-state index in [4.69, 9.17) is 5.73 Å². The van der Waals surface area contributed by atoms with Gasteiger partial charge in [-0.3, -0.25) is 4.79 Å². The number of rotatable bonds is 3. The lowest BCUT2D eigenvalue weighted by atomic mass is 9.95. The molecule has 0 bridgehead atoms. The maximum atomic E-state index is 12.9. The number of piperidine rings is 1. The molecule has 0 atom stereocenters. The van der Waals surface area contributed by atoms with Crippen molar-refractivity contribution < 1.29 is 14.0 Å². The molecule has 0 spiro atoms. The fourth-order valence-corrected chi connectivity index (χ4v) is 3.65. The molecule has 26 heavy (non-hydrogen) atoms. The highest BCUT2D eigenvalue weighted by atomic mass is 35.5. The van der Waals surface area contributed by atoms with Gasteiger partial charge in [-0.2, -0.15) is 0 Å². The number of nitrogens with one attached hydrogen (secondary N) is 2. The number of halogens is 2. The van der Waals surface area contributed by atoms with E-state index in [9.17, 15) is 14.0 Å². The maximum Gasteiger partial charge on any atom is 0.319 e. The maximum absolute atomic E-state index is 12.9. The Morgan fingerprint density at radius 1 is 1.12 bits per heavy atom. The van der Waals surface area contributed by atoms with Crippen molar-refractivity contribution in [2.45, 2.75) is 50.1 Å². The monoisotopic (exact) mass is 384 g/mol. The highest BCUT2D eigenvalue weighted by Crippen LogP contribution is 2.30. The molecule has 1 saturated carbocycles. The molecule has 3 rings (SSSR count). The van der Waals surface area contributed by atoms with Gasteiger partial charge in [0.05, 0.1) is 5.54 Å². The second-order valence-electron chi connectivity index (χ2n) is 7.04. The van der Waals surface area contributed by atoms with E-state index in [2.05, 4.69) is 10.6 Å². The number of carbonyl (C=O) groups is 2. The lowest BCUT2D eigenvalue weighted by molar-refractivity contribution is -0.137. The molecule has 0 radical (unpaired) electrons. The summed E-state index contributed by atoms with van der Waals surface area (Å²) < 4.78 is 12.9. The Morgan fingerprint density at radius 3 is 2.27 bits per heavy atom. The first-order valence-corrected chi connectivity index (χ1v) is 8.88. The van der Waals surface area contributed by atoms with Gasteiger partial charge in [0.2, 0.25) is 5.91 Å². The lowest BCUT2D eigenvalue weighted by Crippen LogP contribution is -2.57. The first kappa shape index (κ1) is 20.5. The third-order valence-corrected chi connectivity index (χ3v) is 5.14. The van der Waals surface area contributed by atoms with E-state index in [0.717, 1.165) is 25.7 Å². The van der Waals surface area contributed by atoms with Gasteiger partial charge in [0.1, 0.15) is 5.82 Å². The Labute approximate surface area is 159 Å². The molecule has 8 heteroatoms. The number of nitrogens with two attached hydrogens (primary N) is 1. The summed E-state index contributed by atoms with van der Waals surface area (Å²) in [5.41, 5.74) is 6.11. The Bertz CT molecular complexity index is 627. The van der Waals surface area contributed by atoms with Crippen LogP contribution < -0.4 is 16.4 Å². The highest BCUT2D eigenvalue weighted by Gasteiger charge is 2.40. The molecule has 1 saturated heterocycles. The van der Waals surface area contributed by atoms with Crippen molar-refractivity contribution in [3.05, 3.63) is 30.1 Å². The summed E-state index contributed by atoms with van der Waals surface area (Å²) in [6, 6.07) is 5.32.